The van der Waals surface area contributed by atoms with Gasteiger partial charge in [-0.05, 0) is 6.92 Å². The third kappa shape index (κ3) is 2.16. The smallest absolute Gasteiger partial charge is 0.0962 e. The van der Waals surface area contributed by atoms with Crippen molar-refractivity contribution in [1.82, 2.24) is 15.0 Å². The van der Waals surface area contributed by atoms with Crippen molar-refractivity contribution in [3.63, 3.8) is 0 Å². The summed E-state index contributed by atoms with van der Waals surface area (Å²) >= 11 is 0. The molecule has 0 aliphatic heterocycles. The molecule has 0 aliphatic carbocycles. The van der Waals surface area contributed by atoms with Crippen LogP contribution in [0.5, 0.6) is 0 Å². The van der Waals surface area contributed by atoms with Gasteiger partial charge in [-0.15, -0.1) is 5.10 Å². The van der Waals surface area contributed by atoms with Gasteiger partial charge in [0, 0.05) is 6.54 Å². The first-order valence-corrected chi connectivity index (χ1v) is 3.46. The summed E-state index contributed by atoms with van der Waals surface area (Å²) in [5.74, 6) is 0. The Hall–Kier alpha value is -1.16. The van der Waals surface area contributed by atoms with Crippen LogP contribution >= 0.6 is 0 Å². The first kappa shape index (κ1) is 7.94. The van der Waals surface area contributed by atoms with Crippen molar-refractivity contribution in [3.05, 3.63) is 24.0 Å². The third-order valence-electron chi connectivity index (χ3n) is 1.23. The molecule has 0 saturated carbocycles. The van der Waals surface area contributed by atoms with E-state index in [0.29, 0.717) is 13.1 Å². The largest absolute Gasteiger partial charge is 0.325 e. The number of aromatic nitrogens is 3. The van der Waals surface area contributed by atoms with E-state index in [1.165, 1.54) is 0 Å². The van der Waals surface area contributed by atoms with Crippen LogP contribution in [0.3, 0.4) is 0 Å². The molecule has 0 saturated heterocycles. The molecule has 0 unspecified atom stereocenters. The lowest BCUT2D eigenvalue weighted by molar-refractivity contribution is 0.643. The molecule has 0 atom stereocenters. The van der Waals surface area contributed by atoms with E-state index in [1.807, 2.05) is 13.1 Å². The van der Waals surface area contributed by atoms with E-state index in [4.69, 9.17) is 5.73 Å². The predicted molar refractivity (Wildman–Crippen MR) is 42.7 cm³/mol. The van der Waals surface area contributed by atoms with Gasteiger partial charge < -0.3 is 5.73 Å². The minimum absolute atomic E-state index is 0.441. The molecule has 0 spiro atoms. The fraction of sp³-hybridized carbons (Fsp3) is 0.429. The maximum Gasteiger partial charge on any atom is 0.0962 e. The van der Waals surface area contributed by atoms with E-state index in [0.717, 1.165) is 11.3 Å². The molecule has 11 heavy (non-hydrogen) atoms. The second-order valence-electron chi connectivity index (χ2n) is 2.57. The molecule has 4 heteroatoms. The number of hydrogen-bond donors (Lipinski definition) is 1. The molecule has 0 fully saturated rings. The van der Waals surface area contributed by atoms with Gasteiger partial charge in [0.25, 0.3) is 0 Å². The van der Waals surface area contributed by atoms with Gasteiger partial charge >= 0.3 is 0 Å². The first-order valence-electron chi connectivity index (χ1n) is 3.46. The SMILES string of the molecule is C=C(C)Cn1cc(CN)nn1. The second kappa shape index (κ2) is 3.30. The lowest BCUT2D eigenvalue weighted by Gasteiger charge is -1.95. The molecule has 1 aromatic heterocycles. The lowest BCUT2D eigenvalue weighted by atomic mass is 10.3. The zero-order chi connectivity index (χ0) is 8.27. The van der Waals surface area contributed by atoms with Crippen LogP contribution in [0.4, 0.5) is 0 Å². The summed E-state index contributed by atoms with van der Waals surface area (Å²) in [5, 5.41) is 7.69. The Bertz CT molecular complexity index is 251. The minimum atomic E-state index is 0.441. The molecule has 1 aromatic rings. The molecule has 1 heterocycles. The average molecular weight is 152 g/mol. The maximum absolute atomic E-state index is 5.36. The number of hydrogen-bond acceptors (Lipinski definition) is 3. The summed E-state index contributed by atoms with van der Waals surface area (Å²) in [4.78, 5) is 0. The third-order valence-corrected chi connectivity index (χ3v) is 1.23. The molecule has 0 aliphatic rings. The highest BCUT2D eigenvalue weighted by atomic mass is 15.4. The molecule has 0 bridgehead atoms. The van der Waals surface area contributed by atoms with Gasteiger partial charge in [-0.2, -0.15) is 0 Å². The van der Waals surface area contributed by atoms with Crippen molar-refractivity contribution in [1.29, 1.82) is 0 Å². The fourth-order valence-electron chi connectivity index (χ4n) is 0.786. The quantitative estimate of drug-likeness (QED) is 0.634. The van der Waals surface area contributed by atoms with E-state index >= 15 is 0 Å². The Balaban J connectivity index is 2.65. The number of nitrogens with two attached hydrogens (primary N) is 1. The van der Waals surface area contributed by atoms with Gasteiger partial charge in [-0.25, -0.2) is 4.68 Å². The Kier molecular flexibility index (Phi) is 2.38. The van der Waals surface area contributed by atoms with Gasteiger partial charge in [0.2, 0.25) is 0 Å². The summed E-state index contributed by atoms with van der Waals surface area (Å²) in [6.45, 7) is 6.87. The predicted octanol–water partition coefficient (Wildman–Crippen LogP) is 0.313. The highest BCUT2D eigenvalue weighted by Gasteiger charge is 1.96. The zero-order valence-corrected chi connectivity index (χ0v) is 6.62. The molecular formula is C7H12N4. The van der Waals surface area contributed by atoms with E-state index in [-0.39, 0.29) is 0 Å². The highest BCUT2D eigenvalue weighted by molar-refractivity contribution is 4.94. The Morgan fingerprint density at radius 3 is 3.00 bits per heavy atom. The molecule has 0 amide bonds. The summed E-state index contributed by atoms with van der Waals surface area (Å²) in [6, 6.07) is 0. The van der Waals surface area contributed by atoms with E-state index in [9.17, 15) is 0 Å². The first-order chi connectivity index (χ1) is 5.22. The van der Waals surface area contributed by atoms with Crippen LogP contribution in [0.25, 0.3) is 0 Å². The van der Waals surface area contributed by atoms with Crippen LogP contribution in [0.2, 0.25) is 0 Å². The Labute approximate surface area is 65.7 Å². The van der Waals surface area contributed by atoms with Gasteiger partial charge in [-0.1, -0.05) is 17.4 Å². The van der Waals surface area contributed by atoms with Crippen molar-refractivity contribution >= 4 is 0 Å². The van der Waals surface area contributed by atoms with Gasteiger partial charge in [0.05, 0.1) is 18.4 Å². The van der Waals surface area contributed by atoms with Crippen LogP contribution in [0, 0.1) is 0 Å². The van der Waals surface area contributed by atoms with E-state index < -0.39 is 0 Å². The molecule has 60 valence electrons. The van der Waals surface area contributed by atoms with E-state index in [2.05, 4.69) is 16.9 Å². The molecule has 4 nitrogen and oxygen atoms in total. The number of allylic oxidation sites excluding steroid dienone is 1. The van der Waals surface area contributed by atoms with Gasteiger partial charge in [0.15, 0.2) is 0 Å². The Morgan fingerprint density at radius 2 is 2.55 bits per heavy atom. The van der Waals surface area contributed by atoms with Crippen molar-refractivity contribution < 1.29 is 0 Å². The number of nitrogens with zero attached hydrogens (tertiary/aromatic N) is 3. The topological polar surface area (TPSA) is 56.7 Å². The standard InChI is InChI=1S/C7H12N4/c1-6(2)4-11-5-7(3-8)9-10-11/h5H,1,3-4,8H2,2H3. The molecule has 0 aromatic carbocycles. The summed E-state index contributed by atoms with van der Waals surface area (Å²) in [5.41, 5.74) is 7.22. The van der Waals surface area contributed by atoms with Crippen LogP contribution < -0.4 is 5.73 Å². The fourth-order valence-corrected chi connectivity index (χ4v) is 0.786. The minimum Gasteiger partial charge on any atom is -0.325 e. The monoisotopic (exact) mass is 152 g/mol. The Morgan fingerprint density at radius 1 is 1.82 bits per heavy atom. The lowest BCUT2D eigenvalue weighted by Crippen LogP contribution is -1.98. The summed E-state index contributed by atoms with van der Waals surface area (Å²) < 4.78 is 1.73. The van der Waals surface area contributed by atoms with Crippen molar-refractivity contribution in [3.8, 4) is 0 Å². The van der Waals surface area contributed by atoms with Crippen molar-refractivity contribution in [2.75, 3.05) is 0 Å². The molecular weight excluding hydrogens is 140 g/mol. The highest BCUT2D eigenvalue weighted by Crippen LogP contribution is 1.95. The summed E-state index contributed by atoms with van der Waals surface area (Å²) in [6.07, 6.45) is 1.83. The summed E-state index contributed by atoms with van der Waals surface area (Å²) in [7, 11) is 0. The second-order valence-corrected chi connectivity index (χ2v) is 2.57. The van der Waals surface area contributed by atoms with Crippen molar-refractivity contribution in [2.45, 2.75) is 20.0 Å². The molecule has 1 rings (SSSR count). The van der Waals surface area contributed by atoms with E-state index in [1.54, 1.807) is 4.68 Å². The van der Waals surface area contributed by atoms with Gasteiger partial charge in [0.1, 0.15) is 0 Å². The van der Waals surface area contributed by atoms with Gasteiger partial charge in [-0.3, -0.25) is 0 Å². The zero-order valence-electron chi connectivity index (χ0n) is 6.62. The maximum atomic E-state index is 5.36. The molecule has 2 N–H and O–H groups in total. The average Bonchev–Trinajstić information content (AvgIpc) is 2.34. The van der Waals surface area contributed by atoms with Crippen LogP contribution in [-0.2, 0) is 13.1 Å². The van der Waals surface area contributed by atoms with Crippen LogP contribution in [-0.4, -0.2) is 15.0 Å². The normalized spacial score (nSPS) is 10.0. The molecule has 0 radical (unpaired) electrons. The van der Waals surface area contributed by atoms with Crippen LogP contribution in [0.15, 0.2) is 18.3 Å². The van der Waals surface area contributed by atoms with Crippen molar-refractivity contribution in [2.24, 2.45) is 5.73 Å². The van der Waals surface area contributed by atoms with Crippen LogP contribution in [0.1, 0.15) is 12.6 Å². The number of rotatable bonds is 3.